The van der Waals surface area contributed by atoms with E-state index in [0.717, 1.165) is 17.8 Å². The van der Waals surface area contributed by atoms with Gasteiger partial charge < -0.3 is 5.32 Å². The fourth-order valence-corrected chi connectivity index (χ4v) is 4.90. The fraction of sp³-hybridized carbons (Fsp3) is 0.667. The first kappa shape index (κ1) is 14.0. The Labute approximate surface area is 113 Å². The first-order valence-electron chi connectivity index (χ1n) is 6.26. The molecule has 1 atom stereocenters. The van der Waals surface area contributed by atoms with Crippen molar-refractivity contribution < 1.29 is 8.42 Å². The second-order valence-corrected chi connectivity index (χ2v) is 8.36. The van der Waals surface area contributed by atoms with E-state index in [0.29, 0.717) is 16.8 Å². The van der Waals surface area contributed by atoms with E-state index >= 15 is 0 Å². The van der Waals surface area contributed by atoms with Crippen LogP contribution in [0.4, 0.5) is 0 Å². The molecule has 0 amide bonds. The number of nitrogens with one attached hydrogen (secondary N) is 1. The molecule has 1 fully saturated rings. The molecule has 0 radical (unpaired) electrons. The minimum atomic E-state index is -3.31. The van der Waals surface area contributed by atoms with Gasteiger partial charge in [-0.3, -0.25) is 0 Å². The number of likely N-dealkylation sites (N-methyl/N-ethyl adjacent to an activating group) is 1. The Morgan fingerprint density at radius 1 is 1.44 bits per heavy atom. The van der Waals surface area contributed by atoms with Crippen molar-refractivity contribution >= 4 is 21.4 Å². The van der Waals surface area contributed by atoms with Crippen molar-refractivity contribution in [2.75, 3.05) is 20.1 Å². The lowest BCUT2D eigenvalue weighted by molar-refractivity contribution is 0.338. The van der Waals surface area contributed by atoms with Gasteiger partial charge in [0.1, 0.15) is 4.21 Å². The first-order chi connectivity index (χ1) is 8.50. The third-order valence-electron chi connectivity index (χ3n) is 3.27. The molecule has 102 valence electrons. The van der Waals surface area contributed by atoms with Gasteiger partial charge in [-0.1, -0.05) is 6.42 Å². The van der Waals surface area contributed by atoms with E-state index in [9.17, 15) is 8.42 Å². The lowest BCUT2D eigenvalue weighted by Crippen LogP contribution is -2.44. The molecule has 4 nitrogen and oxygen atoms in total. The van der Waals surface area contributed by atoms with Gasteiger partial charge in [0.2, 0.25) is 0 Å². The van der Waals surface area contributed by atoms with E-state index in [4.69, 9.17) is 0 Å². The number of hydrogen-bond acceptors (Lipinski definition) is 4. The molecule has 0 bridgehead atoms. The smallest absolute Gasteiger partial charge is 0.252 e. The average molecular weight is 288 g/mol. The molecule has 2 heterocycles. The van der Waals surface area contributed by atoms with Crippen LogP contribution >= 0.6 is 11.3 Å². The van der Waals surface area contributed by atoms with E-state index in [2.05, 4.69) is 5.32 Å². The van der Waals surface area contributed by atoms with Crippen LogP contribution < -0.4 is 5.32 Å². The normalized spacial score (nSPS) is 21.4. The highest BCUT2D eigenvalue weighted by Gasteiger charge is 2.25. The van der Waals surface area contributed by atoms with Crippen LogP contribution in [0, 0.1) is 6.92 Å². The molecule has 1 aromatic rings. The van der Waals surface area contributed by atoms with E-state index in [1.807, 2.05) is 13.0 Å². The molecule has 6 heteroatoms. The maximum atomic E-state index is 12.3. The Kier molecular flexibility index (Phi) is 4.42. The fourth-order valence-electron chi connectivity index (χ4n) is 2.19. The van der Waals surface area contributed by atoms with Crippen LogP contribution in [-0.2, 0) is 10.0 Å². The van der Waals surface area contributed by atoms with Crippen LogP contribution in [0.1, 0.15) is 24.1 Å². The van der Waals surface area contributed by atoms with E-state index in [1.54, 1.807) is 13.1 Å². The van der Waals surface area contributed by atoms with E-state index < -0.39 is 10.0 Å². The molecule has 0 spiro atoms. The molecule has 2 rings (SSSR count). The number of piperidine rings is 1. The number of nitrogens with zero attached hydrogens (tertiary/aromatic N) is 1. The number of rotatable bonds is 4. The largest absolute Gasteiger partial charge is 0.313 e. The van der Waals surface area contributed by atoms with Gasteiger partial charge in [0.25, 0.3) is 10.0 Å². The second kappa shape index (κ2) is 5.69. The van der Waals surface area contributed by atoms with Crippen LogP contribution in [0.3, 0.4) is 0 Å². The summed E-state index contributed by atoms with van der Waals surface area (Å²) in [5.74, 6) is 0. The number of thiophene rings is 1. The van der Waals surface area contributed by atoms with Gasteiger partial charge in [-0.2, -0.15) is 4.31 Å². The van der Waals surface area contributed by atoms with Crippen molar-refractivity contribution in [1.29, 1.82) is 0 Å². The molecule has 0 aromatic carbocycles. The Morgan fingerprint density at radius 3 is 2.78 bits per heavy atom. The summed E-state index contributed by atoms with van der Waals surface area (Å²) in [5.41, 5.74) is 0. The molecule has 1 aromatic heterocycles. The Bertz CT molecular complexity index is 490. The lowest BCUT2D eigenvalue weighted by Gasteiger charge is -2.27. The minimum Gasteiger partial charge on any atom is -0.313 e. The monoisotopic (exact) mass is 288 g/mol. The van der Waals surface area contributed by atoms with Gasteiger partial charge in [-0.05, 0) is 38.4 Å². The van der Waals surface area contributed by atoms with Crippen molar-refractivity contribution in [3.63, 3.8) is 0 Å². The number of aryl methyl sites for hydroxylation is 1. The van der Waals surface area contributed by atoms with Gasteiger partial charge >= 0.3 is 0 Å². The minimum absolute atomic E-state index is 0.291. The summed E-state index contributed by atoms with van der Waals surface area (Å²) in [6.45, 7) is 3.47. The highest BCUT2D eigenvalue weighted by atomic mass is 32.2. The summed E-state index contributed by atoms with van der Waals surface area (Å²) < 4.78 is 26.6. The maximum absolute atomic E-state index is 12.3. The number of hydrogen-bond donors (Lipinski definition) is 1. The Balaban J connectivity index is 2.05. The standard InChI is InChI=1S/C12H20N2O2S2/c1-10-6-7-12(17-10)18(15,16)14(2)9-11-5-3-4-8-13-11/h6-7,11,13H,3-5,8-9H2,1-2H3. The molecule has 1 unspecified atom stereocenters. The van der Waals surface area contributed by atoms with Gasteiger partial charge in [-0.25, -0.2) is 8.42 Å². The van der Waals surface area contributed by atoms with Gasteiger partial charge in [0, 0.05) is 24.5 Å². The SMILES string of the molecule is Cc1ccc(S(=O)(=O)N(C)CC2CCCCN2)s1. The average Bonchev–Trinajstić information content (AvgIpc) is 2.78. The van der Waals surface area contributed by atoms with Crippen molar-refractivity contribution in [2.45, 2.75) is 36.4 Å². The predicted octanol–water partition coefficient (Wildman–Crippen LogP) is 1.82. The molecule has 1 N–H and O–H groups in total. The maximum Gasteiger partial charge on any atom is 0.252 e. The molecule has 1 aliphatic rings. The zero-order valence-electron chi connectivity index (χ0n) is 10.8. The quantitative estimate of drug-likeness (QED) is 0.919. The Morgan fingerprint density at radius 2 is 2.22 bits per heavy atom. The first-order valence-corrected chi connectivity index (χ1v) is 8.52. The van der Waals surface area contributed by atoms with Crippen LogP contribution in [0.2, 0.25) is 0 Å². The summed E-state index contributed by atoms with van der Waals surface area (Å²) in [6, 6.07) is 3.84. The zero-order chi connectivity index (χ0) is 13.2. The topological polar surface area (TPSA) is 49.4 Å². The molecule has 18 heavy (non-hydrogen) atoms. The Hall–Kier alpha value is -0.430. The lowest BCUT2D eigenvalue weighted by atomic mass is 10.1. The van der Waals surface area contributed by atoms with Crippen LogP contribution in [0.5, 0.6) is 0 Å². The molecule has 0 aliphatic carbocycles. The third kappa shape index (κ3) is 3.12. The molecule has 1 aliphatic heterocycles. The summed E-state index contributed by atoms with van der Waals surface area (Å²) in [4.78, 5) is 1.03. The van der Waals surface area contributed by atoms with Crippen molar-refractivity contribution in [1.82, 2.24) is 9.62 Å². The summed E-state index contributed by atoms with van der Waals surface area (Å²) in [7, 11) is -1.64. The van der Waals surface area contributed by atoms with Crippen LogP contribution in [0.25, 0.3) is 0 Å². The zero-order valence-corrected chi connectivity index (χ0v) is 12.5. The van der Waals surface area contributed by atoms with Gasteiger partial charge in [0.15, 0.2) is 0 Å². The summed E-state index contributed by atoms with van der Waals surface area (Å²) in [5, 5.41) is 3.38. The van der Waals surface area contributed by atoms with Crippen molar-refractivity contribution in [3.8, 4) is 0 Å². The van der Waals surface area contributed by atoms with Crippen molar-refractivity contribution in [3.05, 3.63) is 17.0 Å². The van der Waals surface area contributed by atoms with E-state index in [-0.39, 0.29) is 0 Å². The van der Waals surface area contributed by atoms with Gasteiger partial charge in [-0.15, -0.1) is 11.3 Å². The van der Waals surface area contributed by atoms with Crippen LogP contribution in [-0.4, -0.2) is 38.9 Å². The third-order valence-corrected chi connectivity index (χ3v) is 6.56. The van der Waals surface area contributed by atoms with Crippen molar-refractivity contribution in [2.24, 2.45) is 0 Å². The highest BCUT2D eigenvalue weighted by molar-refractivity contribution is 7.91. The summed E-state index contributed by atoms with van der Waals surface area (Å²) >= 11 is 1.33. The predicted molar refractivity (Wildman–Crippen MR) is 74.5 cm³/mol. The summed E-state index contributed by atoms with van der Waals surface area (Å²) in [6.07, 6.45) is 3.43. The van der Waals surface area contributed by atoms with Crippen LogP contribution in [0.15, 0.2) is 16.3 Å². The molecule has 0 saturated carbocycles. The molecular weight excluding hydrogens is 268 g/mol. The molecule has 1 saturated heterocycles. The second-order valence-electron chi connectivity index (χ2n) is 4.80. The highest BCUT2D eigenvalue weighted by Crippen LogP contribution is 2.24. The van der Waals surface area contributed by atoms with E-state index in [1.165, 1.54) is 28.5 Å². The molecular formula is C12H20N2O2S2. The number of sulfonamides is 1. The van der Waals surface area contributed by atoms with Gasteiger partial charge in [0.05, 0.1) is 0 Å².